The molecule has 1 heterocycles. The van der Waals surface area contributed by atoms with Gasteiger partial charge in [0.1, 0.15) is 11.9 Å². The van der Waals surface area contributed by atoms with Gasteiger partial charge >= 0.3 is 6.18 Å². The molecule has 2 aromatic carbocycles. The third kappa shape index (κ3) is 2.61. The van der Waals surface area contributed by atoms with E-state index in [0.29, 0.717) is 29.8 Å². The summed E-state index contributed by atoms with van der Waals surface area (Å²) in [6, 6.07) is 10.8. The molecule has 0 aromatic heterocycles. The van der Waals surface area contributed by atoms with E-state index in [2.05, 4.69) is 0 Å². The molecule has 0 spiro atoms. The van der Waals surface area contributed by atoms with Crippen molar-refractivity contribution in [2.45, 2.75) is 18.7 Å². The molecule has 3 rings (SSSR count). The summed E-state index contributed by atoms with van der Waals surface area (Å²) in [5, 5.41) is 0. The highest BCUT2D eigenvalue weighted by atomic mass is 19.4. The molecule has 0 saturated heterocycles. The Morgan fingerprint density at radius 2 is 1.90 bits per heavy atom. The van der Waals surface area contributed by atoms with Crippen LogP contribution in [0.5, 0.6) is 5.75 Å². The lowest BCUT2D eigenvalue weighted by molar-refractivity contribution is -0.137. The van der Waals surface area contributed by atoms with Gasteiger partial charge in [0.25, 0.3) is 0 Å². The second-order valence-corrected chi connectivity index (χ2v) is 5.05. The molecular formula is C16H14F3NO. The molecule has 110 valence electrons. The lowest BCUT2D eigenvalue weighted by atomic mass is 9.99. The molecular weight excluding hydrogens is 279 g/mol. The first-order valence-electron chi connectivity index (χ1n) is 6.65. The Bertz CT molecular complexity index is 667. The Kier molecular flexibility index (Phi) is 3.37. The molecule has 2 aromatic rings. The molecule has 2 nitrogen and oxygen atoms in total. The van der Waals surface area contributed by atoms with Crippen molar-refractivity contribution < 1.29 is 17.9 Å². The second kappa shape index (κ2) is 5.07. The summed E-state index contributed by atoms with van der Waals surface area (Å²) in [5.41, 5.74) is 7.11. The first-order chi connectivity index (χ1) is 9.99. The molecule has 2 N–H and O–H groups in total. The van der Waals surface area contributed by atoms with E-state index in [0.717, 1.165) is 17.7 Å². The fourth-order valence-electron chi connectivity index (χ4n) is 2.56. The first-order valence-corrected chi connectivity index (χ1v) is 6.65. The summed E-state index contributed by atoms with van der Waals surface area (Å²) >= 11 is 0. The van der Waals surface area contributed by atoms with Crippen molar-refractivity contribution in [3.05, 3.63) is 53.6 Å². The van der Waals surface area contributed by atoms with Crippen molar-refractivity contribution >= 4 is 0 Å². The van der Waals surface area contributed by atoms with E-state index in [1.807, 2.05) is 12.1 Å². The number of para-hydroxylation sites is 1. The van der Waals surface area contributed by atoms with Crippen LogP contribution in [0.25, 0.3) is 11.1 Å². The Labute approximate surface area is 120 Å². The minimum Gasteiger partial charge on any atom is -0.488 e. The fourth-order valence-corrected chi connectivity index (χ4v) is 2.56. The van der Waals surface area contributed by atoms with Gasteiger partial charge in [-0.05, 0) is 23.3 Å². The normalized spacial score (nSPS) is 17.4. The molecule has 21 heavy (non-hydrogen) atoms. The van der Waals surface area contributed by atoms with Crippen molar-refractivity contribution in [2.75, 3.05) is 6.54 Å². The van der Waals surface area contributed by atoms with Crippen molar-refractivity contribution in [2.24, 2.45) is 5.73 Å². The highest BCUT2D eigenvalue weighted by Gasteiger charge is 2.31. The predicted molar refractivity (Wildman–Crippen MR) is 74.1 cm³/mol. The summed E-state index contributed by atoms with van der Waals surface area (Å²) in [7, 11) is 0. The zero-order valence-corrected chi connectivity index (χ0v) is 11.2. The molecule has 1 atom stereocenters. The van der Waals surface area contributed by atoms with Crippen LogP contribution in [0.2, 0.25) is 0 Å². The van der Waals surface area contributed by atoms with Gasteiger partial charge in [-0.1, -0.05) is 30.3 Å². The summed E-state index contributed by atoms with van der Waals surface area (Å²) in [4.78, 5) is 0. The smallest absolute Gasteiger partial charge is 0.416 e. The van der Waals surface area contributed by atoms with Crippen molar-refractivity contribution in [1.29, 1.82) is 0 Å². The molecule has 0 fully saturated rings. The number of fused-ring (bicyclic) bond motifs is 1. The van der Waals surface area contributed by atoms with Gasteiger partial charge in [-0.2, -0.15) is 13.2 Å². The molecule has 1 aliphatic rings. The summed E-state index contributed by atoms with van der Waals surface area (Å²) in [6.45, 7) is 0.386. The first kappa shape index (κ1) is 13.9. The predicted octanol–water partition coefficient (Wildman–Crippen LogP) is 3.63. The lowest BCUT2D eigenvalue weighted by Gasteiger charge is -2.13. The molecule has 0 bridgehead atoms. The van der Waals surface area contributed by atoms with Crippen LogP contribution >= 0.6 is 0 Å². The molecule has 5 heteroatoms. The number of hydrogen-bond acceptors (Lipinski definition) is 2. The lowest BCUT2D eigenvalue weighted by Crippen LogP contribution is -2.24. The number of halogens is 3. The number of rotatable bonds is 2. The number of benzene rings is 2. The van der Waals surface area contributed by atoms with Crippen molar-refractivity contribution in [3.63, 3.8) is 0 Å². The van der Waals surface area contributed by atoms with E-state index in [-0.39, 0.29) is 6.10 Å². The van der Waals surface area contributed by atoms with Crippen LogP contribution in [-0.4, -0.2) is 12.6 Å². The van der Waals surface area contributed by atoms with Crippen LogP contribution in [0.1, 0.15) is 11.1 Å². The van der Waals surface area contributed by atoms with Crippen LogP contribution in [0.4, 0.5) is 13.2 Å². The van der Waals surface area contributed by atoms with Gasteiger partial charge in [-0.3, -0.25) is 0 Å². The zero-order valence-electron chi connectivity index (χ0n) is 11.2. The van der Waals surface area contributed by atoms with Crippen molar-refractivity contribution in [3.8, 4) is 16.9 Å². The Hall–Kier alpha value is -2.01. The maximum atomic E-state index is 12.8. The number of alkyl halides is 3. The zero-order chi connectivity index (χ0) is 15.0. The maximum Gasteiger partial charge on any atom is 0.416 e. The third-order valence-corrected chi connectivity index (χ3v) is 3.59. The van der Waals surface area contributed by atoms with E-state index >= 15 is 0 Å². The van der Waals surface area contributed by atoms with Gasteiger partial charge in [-0.25, -0.2) is 0 Å². The standard InChI is InChI=1S/C16H14F3NO/c17-16(18,19)12-5-1-3-10(7-12)14-6-2-4-11-8-13(9-20)21-15(11)14/h1-7,13H,8-9,20H2. The minimum absolute atomic E-state index is 0.105. The van der Waals surface area contributed by atoms with Crippen LogP contribution in [-0.2, 0) is 12.6 Å². The van der Waals surface area contributed by atoms with Crippen LogP contribution in [0.3, 0.4) is 0 Å². The van der Waals surface area contributed by atoms with Crippen LogP contribution in [0.15, 0.2) is 42.5 Å². The Balaban J connectivity index is 2.05. The van der Waals surface area contributed by atoms with E-state index in [4.69, 9.17) is 10.5 Å². The third-order valence-electron chi connectivity index (χ3n) is 3.59. The Morgan fingerprint density at radius 1 is 1.14 bits per heavy atom. The second-order valence-electron chi connectivity index (χ2n) is 5.05. The van der Waals surface area contributed by atoms with Gasteiger partial charge in [0.2, 0.25) is 0 Å². The molecule has 0 aliphatic carbocycles. The largest absolute Gasteiger partial charge is 0.488 e. The van der Waals surface area contributed by atoms with Gasteiger partial charge in [-0.15, -0.1) is 0 Å². The number of nitrogens with two attached hydrogens (primary N) is 1. The van der Waals surface area contributed by atoms with Gasteiger partial charge in [0.15, 0.2) is 0 Å². The Morgan fingerprint density at radius 3 is 2.62 bits per heavy atom. The van der Waals surface area contributed by atoms with Gasteiger partial charge in [0.05, 0.1) is 5.56 Å². The SMILES string of the molecule is NCC1Cc2cccc(-c3cccc(C(F)(F)F)c3)c2O1. The average molecular weight is 293 g/mol. The summed E-state index contributed by atoms with van der Waals surface area (Å²) in [5.74, 6) is 0.646. The molecule has 1 aliphatic heterocycles. The molecule has 0 saturated carbocycles. The van der Waals surface area contributed by atoms with E-state index in [1.165, 1.54) is 6.07 Å². The molecule has 0 amide bonds. The quantitative estimate of drug-likeness (QED) is 0.917. The van der Waals surface area contributed by atoms with Gasteiger partial charge in [0, 0.05) is 18.5 Å². The molecule has 1 unspecified atom stereocenters. The van der Waals surface area contributed by atoms with E-state index in [9.17, 15) is 13.2 Å². The van der Waals surface area contributed by atoms with Gasteiger partial charge < -0.3 is 10.5 Å². The molecule has 0 radical (unpaired) electrons. The summed E-state index contributed by atoms with van der Waals surface area (Å²) < 4.78 is 44.2. The average Bonchev–Trinajstić information content (AvgIpc) is 2.89. The minimum atomic E-state index is -4.35. The monoisotopic (exact) mass is 293 g/mol. The van der Waals surface area contributed by atoms with E-state index < -0.39 is 11.7 Å². The topological polar surface area (TPSA) is 35.2 Å². The van der Waals surface area contributed by atoms with Crippen molar-refractivity contribution in [1.82, 2.24) is 0 Å². The highest BCUT2D eigenvalue weighted by Crippen LogP contribution is 2.40. The number of hydrogen-bond donors (Lipinski definition) is 1. The number of ether oxygens (including phenoxy) is 1. The summed E-state index contributed by atoms with van der Waals surface area (Å²) in [6.07, 6.45) is -3.76. The van der Waals surface area contributed by atoms with E-state index in [1.54, 1.807) is 12.1 Å². The highest BCUT2D eigenvalue weighted by molar-refractivity contribution is 5.73. The maximum absolute atomic E-state index is 12.8. The fraction of sp³-hybridized carbons (Fsp3) is 0.250. The van der Waals surface area contributed by atoms with Crippen LogP contribution in [0, 0.1) is 0 Å². The van der Waals surface area contributed by atoms with Crippen LogP contribution < -0.4 is 10.5 Å².